The second kappa shape index (κ2) is 8.13. The van der Waals surface area contributed by atoms with Crippen LogP contribution in [0.1, 0.15) is 25.0 Å². The lowest BCUT2D eigenvalue weighted by atomic mass is 10.1. The molecule has 0 atom stereocenters. The fourth-order valence-corrected chi connectivity index (χ4v) is 5.70. The molecule has 2 fully saturated rings. The van der Waals surface area contributed by atoms with E-state index in [0.717, 1.165) is 12.1 Å². The van der Waals surface area contributed by atoms with E-state index in [4.69, 9.17) is 0 Å². The molecule has 11 heteroatoms. The van der Waals surface area contributed by atoms with Crippen LogP contribution in [0.3, 0.4) is 0 Å². The van der Waals surface area contributed by atoms with Gasteiger partial charge in [0.15, 0.2) is 5.01 Å². The van der Waals surface area contributed by atoms with E-state index in [9.17, 15) is 22.8 Å². The van der Waals surface area contributed by atoms with Gasteiger partial charge in [0.05, 0.1) is 10.4 Å². The normalized spacial score (nSPS) is 18.2. The summed E-state index contributed by atoms with van der Waals surface area (Å²) >= 11 is 2.56. The summed E-state index contributed by atoms with van der Waals surface area (Å²) in [5.74, 6) is -0.183. The zero-order valence-electron chi connectivity index (χ0n) is 16.8. The molecule has 0 saturated carbocycles. The first kappa shape index (κ1) is 21.4. The van der Waals surface area contributed by atoms with Gasteiger partial charge in [-0.1, -0.05) is 0 Å². The number of amides is 2. The molecule has 168 valence electrons. The minimum absolute atomic E-state index is 0.0384. The standard InChI is InChI=1S/C21H19F3N4O2S2/c22-21(23,24)14-1-2-16-13(9-14)10-17(32-16)19(29)27-6-4-26(5-7-27)15-11-28(12-15)20(30)18-25-3-8-31-18/h1-3,8-10,15H,4-7,11-12H2. The summed E-state index contributed by atoms with van der Waals surface area (Å²) in [6.07, 6.45) is -2.78. The number of thiophene rings is 1. The van der Waals surface area contributed by atoms with Gasteiger partial charge in [0, 0.05) is 61.6 Å². The zero-order chi connectivity index (χ0) is 22.5. The number of carbonyl (C=O) groups excluding carboxylic acids is 2. The number of thiazole rings is 1. The fraction of sp³-hybridized carbons (Fsp3) is 0.381. The molecule has 0 aliphatic carbocycles. The van der Waals surface area contributed by atoms with Crippen LogP contribution in [-0.2, 0) is 6.18 Å². The number of aromatic nitrogens is 1. The summed E-state index contributed by atoms with van der Waals surface area (Å²) < 4.78 is 39.5. The Morgan fingerprint density at radius 3 is 2.41 bits per heavy atom. The van der Waals surface area contributed by atoms with Crippen molar-refractivity contribution in [1.29, 1.82) is 0 Å². The maximum Gasteiger partial charge on any atom is 0.416 e. The van der Waals surface area contributed by atoms with Gasteiger partial charge in [-0.3, -0.25) is 14.5 Å². The molecule has 0 radical (unpaired) electrons. The molecule has 2 aliphatic rings. The third kappa shape index (κ3) is 4.00. The van der Waals surface area contributed by atoms with Crippen molar-refractivity contribution in [2.45, 2.75) is 12.2 Å². The van der Waals surface area contributed by atoms with E-state index < -0.39 is 11.7 Å². The predicted molar refractivity (Wildman–Crippen MR) is 116 cm³/mol. The Hall–Kier alpha value is -2.50. The molecule has 4 heterocycles. The van der Waals surface area contributed by atoms with Crippen molar-refractivity contribution in [2.75, 3.05) is 39.3 Å². The summed E-state index contributed by atoms with van der Waals surface area (Å²) in [6.45, 7) is 3.83. The molecule has 5 rings (SSSR count). The number of rotatable bonds is 3. The Balaban J connectivity index is 1.17. The van der Waals surface area contributed by atoms with Crippen LogP contribution >= 0.6 is 22.7 Å². The average Bonchev–Trinajstić information content (AvgIpc) is 3.41. The molecule has 2 saturated heterocycles. The maximum absolute atomic E-state index is 12.9. The number of hydrogen-bond acceptors (Lipinski definition) is 6. The molecule has 0 bridgehead atoms. The minimum Gasteiger partial charge on any atom is -0.335 e. The summed E-state index contributed by atoms with van der Waals surface area (Å²) in [4.78, 5) is 35.6. The molecule has 2 aromatic heterocycles. The van der Waals surface area contributed by atoms with Crippen molar-refractivity contribution in [2.24, 2.45) is 0 Å². The van der Waals surface area contributed by atoms with Crippen molar-refractivity contribution < 1.29 is 22.8 Å². The summed E-state index contributed by atoms with van der Waals surface area (Å²) in [7, 11) is 0. The van der Waals surface area contributed by atoms with Crippen LogP contribution in [0.15, 0.2) is 35.8 Å². The number of piperazine rings is 1. The smallest absolute Gasteiger partial charge is 0.335 e. The summed E-state index contributed by atoms with van der Waals surface area (Å²) in [6, 6.07) is 5.40. The van der Waals surface area contributed by atoms with Crippen LogP contribution in [0.5, 0.6) is 0 Å². The highest BCUT2D eigenvalue weighted by Crippen LogP contribution is 2.34. The van der Waals surface area contributed by atoms with Gasteiger partial charge in [0.25, 0.3) is 11.8 Å². The number of halogens is 3. The van der Waals surface area contributed by atoms with Crippen molar-refractivity contribution in [3.05, 3.63) is 51.3 Å². The Morgan fingerprint density at radius 2 is 1.75 bits per heavy atom. The SMILES string of the molecule is O=C(c1cc2cc(C(F)(F)F)ccc2s1)N1CCN(C2CN(C(=O)c3nccs3)C2)CC1. The van der Waals surface area contributed by atoms with E-state index in [0.29, 0.717) is 59.2 Å². The molecule has 1 aromatic carbocycles. The molecule has 0 spiro atoms. The third-order valence-corrected chi connectivity index (χ3v) is 7.80. The second-order valence-corrected chi connectivity index (χ2v) is 9.87. The van der Waals surface area contributed by atoms with Crippen LogP contribution in [-0.4, -0.2) is 76.8 Å². The number of nitrogens with zero attached hydrogens (tertiary/aromatic N) is 4. The molecule has 2 amide bonds. The van der Waals surface area contributed by atoms with Gasteiger partial charge < -0.3 is 9.80 Å². The quantitative estimate of drug-likeness (QED) is 0.574. The molecule has 6 nitrogen and oxygen atoms in total. The van der Waals surface area contributed by atoms with E-state index in [1.807, 2.05) is 0 Å². The molecule has 3 aromatic rings. The highest BCUT2D eigenvalue weighted by molar-refractivity contribution is 7.20. The van der Waals surface area contributed by atoms with Gasteiger partial charge in [-0.05, 0) is 29.7 Å². The number of hydrogen-bond donors (Lipinski definition) is 0. The monoisotopic (exact) mass is 480 g/mol. The number of likely N-dealkylation sites (tertiary alicyclic amines) is 1. The minimum atomic E-state index is -4.40. The molecule has 2 aliphatic heterocycles. The number of fused-ring (bicyclic) bond motifs is 1. The number of alkyl halides is 3. The lowest BCUT2D eigenvalue weighted by molar-refractivity contribution is -0.137. The molecular formula is C21H19F3N4O2S2. The highest BCUT2D eigenvalue weighted by Gasteiger charge is 2.38. The first-order valence-corrected chi connectivity index (χ1v) is 11.8. The Kier molecular flexibility index (Phi) is 5.42. The van der Waals surface area contributed by atoms with Crippen LogP contribution in [0, 0.1) is 0 Å². The molecular weight excluding hydrogens is 461 g/mol. The van der Waals surface area contributed by atoms with E-state index in [1.165, 1.54) is 28.7 Å². The average molecular weight is 481 g/mol. The van der Waals surface area contributed by atoms with E-state index in [-0.39, 0.29) is 17.9 Å². The van der Waals surface area contributed by atoms with E-state index >= 15 is 0 Å². The maximum atomic E-state index is 12.9. The predicted octanol–water partition coefficient (Wildman–Crippen LogP) is 3.66. The number of carbonyl (C=O) groups is 2. The van der Waals surface area contributed by atoms with Gasteiger partial charge in [0.1, 0.15) is 0 Å². The van der Waals surface area contributed by atoms with E-state index in [1.54, 1.807) is 27.4 Å². The topological polar surface area (TPSA) is 56.8 Å². The van der Waals surface area contributed by atoms with Crippen LogP contribution in [0.4, 0.5) is 13.2 Å². The van der Waals surface area contributed by atoms with Crippen LogP contribution < -0.4 is 0 Å². The summed E-state index contributed by atoms with van der Waals surface area (Å²) in [5.41, 5.74) is -0.710. The second-order valence-electron chi connectivity index (χ2n) is 7.89. The molecule has 32 heavy (non-hydrogen) atoms. The highest BCUT2D eigenvalue weighted by atomic mass is 32.1. The van der Waals surface area contributed by atoms with Gasteiger partial charge in [-0.2, -0.15) is 13.2 Å². The van der Waals surface area contributed by atoms with Crippen LogP contribution in [0.25, 0.3) is 10.1 Å². The first-order valence-electron chi connectivity index (χ1n) is 10.1. The van der Waals surface area contributed by atoms with Gasteiger partial charge >= 0.3 is 6.18 Å². The number of benzene rings is 1. The molecule has 0 N–H and O–H groups in total. The Labute approximate surface area is 189 Å². The Bertz CT molecular complexity index is 1150. The summed E-state index contributed by atoms with van der Waals surface area (Å²) in [5, 5.41) is 2.72. The Morgan fingerprint density at radius 1 is 1.00 bits per heavy atom. The van der Waals surface area contributed by atoms with Crippen molar-refractivity contribution in [3.8, 4) is 0 Å². The van der Waals surface area contributed by atoms with E-state index in [2.05, 4.69) is 9.88 Å². The van der Waals surface area contributed by atoms with Gasteiger partial charge in [0.2, 0.25) is 0 Å². The lowest BCUT2D eigenvalue weighted by Gasteiger charge is -2.47. The zero-order valence-corrected chi connectivity index (χ0v) is 18.5. The van der Waals surface area contributed by atoms with Gasteiger partial charge in [-0.15, -0.1) is 22.7 Å². The first-order chi connectivity index (χ1) is 15.3. The van der Waals surface area contributed by atoms with Crippen molar-refractivity contribution >= 4 is 44.6 Å². The lowest BCUT2D eigenvalue weighted by Crippen LogP contribution is -2.64. The van der Waals surface area contributed by atoms with Crippen molar-refractivity contribution in [3.63, 3.8) is 0 Å². The fourth-order valence-electron chi connectivity index (χ4n) is 4.09. The van der Waals surface area contributed by atoms with Crippen LogP contribution in [0.2, 0.25) is 0 Å². The third-order valence-electron chi connectivity index (χ3n) is 5.94. The van der Waals surface area contributed by atoms with Crippen molar-refractivity contribution in [1.82, 2.24) is 19.7 Å². The van der Waals surface area contributed by atoms with Gasteiger partial charge in [-0.25, -0.2) is 4.98 Å². The largest absolute Gasteiger partial charge is 0.416 e. The molecule has 0 unspecified atom stereocenters.